The SMILES string of the molecule is CCOC(=O)c1nnc(SCc2ccoc2)o1. The Morgan fingerprint density at radius 1 is 1.53 bits per heavy atom. The molecule has 0 saturated heterocycles. The van der Waals surface area contributed by atoms with E-state index in [-0.39, 0.29) is 12.5 Å². The molecule has 2 aromatic heterocycles. The molecule has 6 nitrogen and oxygen atoms in total. The first-order valence-corrected chi connectivity index (χ1v) is 5.92. The number of nitrogens with zero attached hydrogens (tertiary/aromatic N) is 2. The summed E-state index contributed by atoms with van der Waals surface area (Å²) in [6.45, 7) is 1.99. The van der Waals surface area contributed by atoms with Gasteiger partial charge in [-0.3, -0.25) is 0 Å². The van der Waals surface area contributed by atoms with Crippen LogP contribution in [-0.4, -0.2) is 22.8 Å². The Labute approximate surface area is 101 Å². The average Bonchev–Trinajstić information content (AvgIpc) is 2.98. The van der Waals surface area contributed by atoms with Gasteiger partial charge >= 0.3 is 11.9 Å². The number of carbonyl (C=O) groups is 1. The molecule has 0 spiro atoms. The number of hydrogen-bond donors (Lipinski definition) is 0. The molecule has 0 saturated carbocycles. The zero-order valence-electron chi connectivity index (χ0n) is 9.08. The molecule has 0 atom stereocenters. The molecular formula is C10H10N2O4S. The van der Waals surface area contributed by atoms with E-state index in [0.717, 1.165) is 5.56 Å². The number of esters is 1. The molecule has 0 bridgehead atoms. The number of rotatable bonds is 5. The highest BCUT2D eigenvalue weighted by molar-refractivity contribution is 7.98. The lowest BCUT2D eigenvalue weighted by Gasteiger charge is -1.94. The molecule has 0 N–H and O–H groups in total. The van der Waals surface area contributed by atoms with Crippen LogP contribution in [0.5, 0.6) is 0 Å². The zero-order valence-corrected chi connectivity index (χ0v) is 9.90. The van der Waals surface area contributed by atoms with E-state index in [2.05, 4.69) is 10.2 Å². The summed E-state index contributed by atoms with van der Waals surface area (Å²) >= 11 is 1.33. The molecule has 0 aliphatic rings. The Bertz CT molecular complexity index is 480. The number of furan rings is 1. The molecule has 0 aromatic carbocycles. The second kappa shape index (κ2) is 5.53. The zero-order chi connectivity index (χ0) is 12.1. The molecule has 0 aliphatic heterocycles. The smallest absolute Gasteiger partial charge is 0.396 e. The molecule has 90 valence electrons. The third-order valence-corrected chi connectivity index (χ3v) is 2.69. The minimum atomic E-state index is -0.602. The molecule has 0 radical (unpaired) electrons. The number of carbonyl (C=O) groups excluding carboxylic acids is 1. The fraction of sp³-hybridized carbons (Fsp3) is 0.300. The van der Waals surface area contributed by atoms with E-state index in [0.29, 0.717) is 11.0 Å². The van der Waals surface area contributed by atoms with Gasteiger partial charge in [-0.05, 0) is 13.0 Å². The van der Waals surface area contributed by atoms with Crippen LogP contribution >= 0.6 is 11.8 Å². The lowest BCUT2D eigenvalue weighted by Crippen LogP contribution is -2.04. The van der Waals surface area contributed by atoms with E-state index in [1.807, 2.05) is 6.07 Å². The van der Waals surface area contributed by atoms with Gasteiger partial charge in [-0.25, -0.2) is 4.79 Å². The highest BCUT2D eigenvalue weighted by atomic mass is 32.2. The maximum absolute atomic E-state index is 11.2. The molecule has 2 heterocycles. The molecule has 17 heavy (non-hydrogen) atoms. The van der Waals surface area contributed by atoms with E-state index >= 15 is 0 Å². The number of aromatic nitrogens is 2. The summed E-state index contributed by atoms with van der Waals surface area (Å²) in [6.07, 6.45) is 3.23. The quantitative estimate of drug-likeness (QED) is 0.597. The molecule has 2 aromatic rings. The van der Waals surface area contributed by atoms with Crippen LogP contribution in [0.15, 0.2) is 32.6 Å². The summed E-state index contributed by atoms with van der Waals surface area (Å²) in [5.41, 5.74) is 1.01. The van der Waals surface area contributed by atoms with Crippen molar-refractivity contribution in [1.29, 1.82) is 0 Å². The maximum atomic E-state index is 11.2. The van der Waals surface area contributed by atoms with E-state index < -0.39 is 5.97 Å². The maximum Gasteiger partial charge on any atom is 0.396 e. The summed E-state index contributed by atoms with van der Waals surface area (Å²) < 4.78 is 14.8. The van der Waals surface area contributed by atoms with E-state index in [4.69, 9.17) is 13.6 Å². The summed E-state index contributed by atoms with van der Waals surface area (Å²) in [5.74, 6) is -0.0854. The predicted molar refractivity (Wildman–Crippen MR) is 58.5 cm³/mol. The van der Waals surface area contributed by atoms with Crippen LogP contribution in [0.4, 0.5) is 0 Å². The van der Waals surface area contributed by atoms with Crippen LogP contribution in [-0.2, 0) is 10.5 Å². The predicted octanol–water partition coefficient (Wildman–Crippen LogP) is 2.13. The Morgan fingerprint density at radius 2 is 2.41 bits per heavy atom. The van der Waals surface area contributed by atoms with Gasteiger partial charge in [0.25, 0.3) is 5.22 Å². The lowest BCUT2D eigenvalue weighted by molar-refractivity contribution is 0.0475. The van der Waals surface area contributed by atoms with Crippen LogP contribution < -0.4 is 0 Å². The molecule has 0 fully saturated rings. The Kier molecular flexibility index (Phi) is 3.81. The highest BCUT2D eigenvalue weighted by Crippen LogP contribution is 2.21. The average molecular weight is 254 g/mol. The molecule has 7 heteroatoms. The van der Waals surface area contributed by atoms with Crippen molar-refractivity contribution in [2.24, 2.45) is 0 Å². The van der Waals surface area contributed by atoms with Crippen molar-refractivity contribution >= 4 is 17.7 Å². The normalized spacial score (nSPS) is 10.4. The second-order valence-electron chi connectivity index (χ2n) is 3.01. The minimum Gasteiger partial charge on any atom is -0.472 e. The van der Waals surface area contributed by atoms with Crippen molar-refractivity contribution in [2.75, 3.05) is 6.61 Å². The number of hydrogen-bond acceptors (Lipinski definition) is 7. The van der Waals surface area contributed by atoms with Crippen LogP contribution in [0.2, 0.25) is 0 Å². The molecule has 2 rings (SSSR count). The largest absolute Gasteiger partial charge is 0.472 e. The molecular weight excluding hydrogens is 244 g/mol. The van der Waals surface area contributed by atoms with Gasteiger partial charge in [-0.15, -0.1) is 5.10 Å². The fourth-order valence-electron chi connectivity index (χ4n) is 1.06. The first-order chi connectivity index (χ1) is 8.29. The Balaban J connectivity index is 1.92. The molecule has 0 aliphatic carbocycles. The van der Waals surface area contributed by atoms with Gasteiger partial charge in [0.2, 0.25) is 0 Å². The summed E-state index contributed by atoms with van der Waals surface area (Å²) in [5, 5.41) is 7.66. The van der Waals surface area contributed by atoms with E-state index in [1.54, 1.807) is 19.5 Å². The summed E-state index contributed by atoms with van der Waals surface area (Å²) in [6, 6.07) is 1.84. The van der Waals surface area contributed by atoms with Gasteiger partial charge in [0.15, 0.2) is 0 Å². The lowest BCUT2D eigenvalue weighted by atomic mass is 10.4. The van der Waals surface area contributed by atoms with Gasteiger partial charge in [0, 0.05) is 11.3 Å². The van der Waals surface area contributed by atoms with Crippen LogP contribution in [0.3, 0.4) is 0 Å². The van der Waals surface area contributed by atoms with Gasteiger partial charge in [-0.1, -0.05) is 16.9 Å². The topological polar surface area (TPSA) is 78.4 Å². The fourth-order valence-corrected chi connectivity index (χ4v) is 1.75. The summed E-state index contributed by atoms with van der Waals surface area (Å²) in [7, 11) is 0. The Hall–Kier alpha value is -1.76. The van der Waals surface area contributed by atoms with Crippen LogP contribution in [0.25, 0.3) is 0 Å². The standard InChI is InChI=1S/C10H10N2O4S/c1-2-15-9(13)8-11-12-10(16-8)17-6-7-3-4-14-5-7/h3-5H,2,6H2,1H3. The number of thioether (sulfide) groups is 1. The third kappa shape index (κ3) is 3.10. The van der Waals surface area contributed by atoms with Crippen molar-refractivity contribution in [3.63, 3.8) is 0 Å². The van der Waals surface area contributed by atoms with Crippen molar-refractivity contribution in [3.05, 3.63) is 30.0 Å². The number of ether oxygens (including phenoxy) is 1. The van der Waals surface area contributed by atoms with Gasteiger partial charge in [0.1, 0.15) is 0 Å². The van der Waals surface area contributed by atoms with Crippen LogP contribution in [0.1, 0.15) is 23.2 Å². The molecule has 0 amide bonds. The Morgan fingerprint density at radius 3 is 3.12 bits per heavy atom. The van der Waals surface area contributed by atoms with E-state index in [9.17, 15) is 4.79 Å². The summed E-state index contributed by atoms with van der Waals surface area (Å²) in [4.78, 5) is 11.2. The van der Waals surface area contributed by atoms with Gasteiger partial charge in [-0.2, -0.15) is 0 Å². The first-order valence-electron chi connectivity index (χ1n) is 4.94. The van der Waals surface area contributed by atoms with Crippen molar-refractivity contribution in [3.8, 4) is 0 Å². The first kappa shape index (κ1) is 11.7. The minimum absolute atomic E-state index is 0.124. The second-order valence-corrected chi connectivity index (χ2v) is 3.94. The van der Waals surface area contributed by atoms with Gasteiger partial charge < -0.3 is 13.6 Å². The van der Waals surface area contributed by atoms with Crippen molar-refractivity contribution < 1.29 is 18.4 Å². The van der Waals surface area contributed by atoms with Crippen LogP contribution in [0, 0.1) is 0 Å². The van der Waals surface area contributed by atoms with Crippen molar-refractivity contribution in [1.82, 2.24) is 10.2 Å². The molecule has 0 unspecified atom stereocenters. The van der Waals surface area contributed by atoms with Crippen molar-refractivity contribution in [2.45, 2.75) is 17.9 Å². The van der Waals surface area contributed by atoms with E-state index in [1.165, 1.54) is 11.8 Å². The van der Waals surface area contributed by atoms with Gasteiger partial charge in [0.05, 0.1) is 19.1 Å². The third-order valence-electron chi connectivity index (χ3n) is 1.80. The monoisotopic (exact) mass is 254 g/mol. The highest BCUT2D eigenvalue weighted by Gasteiger charge is 2.16.